The third-order valence-corrected chi connectivity index (χ3v) is 5.03. The summed E-state index contributed by atoms with van der Waals surface area (Å²) in [5, 5.41) is 14.3. The highest BCUT2D eigenvalue weighted by Crippen LogP contribution is 2.21. The Morgan fingerprint density at radius 2 is 1.61 bits per heavy atom. The van der Waals surface area contributed by atoms with Crippen molar-refractivity contribution < 1.29 is 19.4 Å². The first kappa shape index (κ1) is 24.0. The second-order valence-electron chi connectivity index (χ2n) is 7.69. The van der Waals surface area contributed by atoms with Gasteiger partial charge >= 0.3 is 0 Å². The van der Waals surface area contributed by atoms with Gasteiger partial charge < -0.3 is 14.6 Å². The minimum Gasteiger partial charge on any atom is -0.494 e. The van der Waals surface area contributed by atoms with Crippen LogP contribution in [0, 0.1) is 6.92 Å². The van der Waals surface area contributed by atoms with Crippen molar-refractivity contribution in [2.45, 2.75) is 39.4 Å². The molecule has 0 unspecified atom stereocenters. The predicted molar refractivity (Wildman–Crippen MR) is 129 cm³/mol. The van der Waals surface area contributed by atoms with Crippen molar-refractivity contribution in [1.82, 2.24) is 5.43 Å². The molecule has 0 heterocycles. The van der Waals surface area contributed by atoms with Gasteiger partial charge in [0.15, 0.2) is 0 Å². The van der Waals surface area contributed by atoms with E-state index in [9.17, 15) is 9.90 Å². The second kappa shape index (κ2) is 12.4. The summed E-state index contributed by atoms with van der Waals surface area (Å²) < 4.78 is 11.2. The first-order chi connectivity index (χ1) is 16.0. The average Bonchev–Trinajstić information content (AvgIpc) is 2.84. The minimum absolute atomic E-state index is 0.164. The number of carbonyl (C=O) groups is 1. The molecule has 2 N–H and O–H groups in total. The third-order valence-electron chi connectivity index (χ3n) is 5.03. The quantitative estimate of drug-likeness (QED) is 0.323. The second-order valence-corrected chi connectivity index (χ2v) is 7.69. The van der Waals surface area contributed by atoms with Gasteiger partial charge in [-0.05, 0) is 73.4 Å². The number of ether oxygens (including phenoxy) is 2. The smallest absolute Gasteiger partial charge is 0.240 e. The maximum absolute atomic E-state index is 12.0. The monoisotopic (exact) mass is 446 g/mol. The molecular weight excluding hydrogens is 416 g/mol. The van der Waals surface area contributed by atoms with Crippen LogP contribution in [0.5, 0.6) is 11.5 Å². The minimum atomic E-state index is -0.720. The summed E-state index contributed by atoms with van der Waals surface area (Å²) in [6, 6.07) is 22.9. The fourth-order valence-electron chi connectivity index (χ4n) is 3.12. The maximum Gasteiger partial charge on any atom is 0.240 e. The highest BCUT2D eigenvalue weighted by atomic mass is 16.5. The molecule has 0 aromatic heterocycles. The van der Waals surface area contributed by atoms with E-state index < -0.39 is 6.10 Å². The Labute approximate surface area is 194 Å². The highest BCUT2D eigenvalue weighted by molar-refractivity contribution is 5.82. The first-order valence-corrected chi connectivity index (χ1v) is 11.0. The number of nitrogens with zero attached hydrogens (tertiary/aromatic N) is 1. The standard InChI is InChI=1S/C27H30N2O4/c1-3-32-24-14-10-23(11-15-24)26(30)16-17-27(31)29-28-18-21-8-12-25(13-9-21)33-19-22-6-4-20(2)5-7-22/h4-15,18,26,30H,3,16-17,19H2,1-2H3,(H,29,31)/b28-18-/t26-/m1/s1. The van der Waals surface area contributed by atoms with E-state index in [-0.39, 0.29) is 12.3 Å². The Kier molecular flexibility index (Phi) is 9.03. The topological polar surface area (TPSA) is 80.2 Å². The van der Waals surface area contributed by atoms with E-state index in [0.717, 1.165) is 28.2 Å². The van der Waals surface area contributed by atoms with Crippen LogP contribution in [0.4, 0.5) is 0 Å². The summed E-state index contributed by atoms with van der Waals surface area (Å²) >= 11 is 0. The highest BCUT2D eigenvalue weighted by Gasteiger charge is 2.10. The molecule has 0 bridgehead atoms. The molecule has 0 saturated heterocycles. The van der Waals surface area contributed by atoms with Crippen LogP contribution in [-0.2, 0) is 11.4 Å². The van der Waals surface area contributed by atoms with Crippen molar-refractivity contribution in [2.24, 2.45) is 5.10 Å². The van der Waals surface area contributed by atoms with Crippen LogP contribution >= 0.6 is 0 Å². The van der Waals surface area contributed by atoms with Gasteiger partial charge in [0.05, 0.1) is 18.9 Å². The van der Waals surface area contributed by atoms with E-state index in [0.29, 0.717) is 19.6 Å². The Hall–Kier alpha value is -3.64. The van der Waals surface area contributed by atoms with E-state index in [1.165, 1.54) is 5.56 Å². The lowest BCUT2D eigenvalue weighted by molar-refractivity contribution is -0.121. The normalized spacial score (nSPS) is 11.8. The summed E-state index contributed by atoms with van der Waals surface area (Å²) in [5.41, 5.74) is 6.42. The molecule has 0 spiro atoms. The molecule has 1 amide bonds. The zero-order chi connectivity index (χ0) is 23.5. The number of nitrogens with one attached hydrogen (secondary N) is 1. The number of carbonyl (C=O) groups excluding carboxylic acids is 1. The zero-order valence-corrected chi connectivity index (χ0v) is 19.0. The molecule has 3 aromatic carbocycles. The molecule has 33 heavy (non-hydrogen) atoms. The van der Waals surface area contributed by atoms with Crippen molar-refractivity contribution in [3.63, 3.8) is 0 Å². The molecule has 0 aliphatic carbocycles. The van der Waals surface area contributed by atoms with E-state index >= 15 is 0 Å². The average molecular weight is 447 g/mol. The van der Waals surface area contributed by atoms with Crippen LogP contribution in [0.3, 0.4) is 0 Å². The van der Waals surface area contributed by atoms with Crippen LogP contribution in [0.25, 0.3) is 0 Å². The SMILES string of the molecule is CCOc1ccc([C@H](O)CCC(=O)N/N=C\c2ccc(OCc3ccc(C)cc3)cc2)cc1. The van der Waals surface area contributed by atoms with Gasteiger partial charge in [0.25, 0.3) is 0 Å². The van der Waals surface area contributed by atoms with Crippen LogP contribution in [0.1, 0.15) is 48.1 Å². The van der Waals surface area contributed by atoms with Crippen LogP contribution < -0.4 is 14.9 Å². The van der Waals surface area contributed by atoms with Gasteiger partial charge in [-0.1, -0.05) is 42.0 Å². The fourth-order valence-corrected chi connectivity index (χ4v) is 3.12. The number of aryl methyl sites for hydroxylation is 1. The van der Waals surface area contributed by atoms with Crippen LogP contribution in [0.15, 0.2) is 77.9 Å². The number of benzene rings is 3. The Balaban J connectivity index is 1.39. The molecule has 1 atom stereocenters. The molecule has 0 saturated carbocycles. The molecule has 3 aromatic rings. The Morgan fingerprint density at radius 1 is 0.970 bits per heavy atom. The number of hydrogen-bond donors (Lipinski definition) is 2. The number of hydrogen-bond acceptors (Lipinski definition) is 5. The van der Waals surface area contributed by atoms with Gasteiger partial charge in [0.2, 0.25) is 5.91 Å². The summed E-state index contributed by atoms with van der Waals surface area (Å²) in [6.07, 6.45) is 1.33. The number of hydrazone groups is 1. The molecular formula is C27H30N2O4. The van der Waals surface area contributed by atoms with Gasteiger partial charge in [-0.25, -0.2) is 5.43 Å². The lowest BCUT2D eigenvalue weighted by atomic mass is 10.0. The molecule has 3 rings (SSSR count). The van der Waals surface area contributed by atoms with E-state index in [1.54, 1.807) is 18.3 Å². The Morgan fingerprint density at radius 3 is 2.27 bits per heavy atom. The van der Waals surface area contributed by atoms with Crippen LogP contribution in [-0.4, -0.2) is 23.8 Å². The summed E-state index contributed by atoms with van der Waals surface area (Å²) in [5.74, 6) is 1.26. The van der Waals surface area contributed by atoms with Crippen molar-refractivity contribution in [2.75, 3.05) is 6.61 Å². The Bertz CT molecular complexity index is 1030. The molecule has 0 aliphatic rings. The fraction of sp³-hybridized carbons (Fsp3) is 0.259. The molecule has 6 heteroatoms. The molecule has 6 nitrogen and oxygen atoms in total. The van der Waals surface area contributed by atoms with Gasteiger partial charge in [-0.2, -0.15) is 5.10 Å². The van der Waals surface area contributed by atoms with E-state index in [4.69, 9.17) is 9.47 Å². The van der Waals surface area contributed by atoms with Crippen molar-refractivity contribution in [3.05, 3.63) is 95.1 Å². The summed E-state index contributed by atoms with van der Waals surface area (Å²) in [7, 11) is 0. The number of aliphatic hydroxyl groups excluding tert-OH is 1. The van der Waals surface area contributed by atoms with Crippen molar-refractivity contribution in [3.8, 4) is 11.5 Å². The molecule has 0 fully saturated rings. The maximum atomic E-state index is 12.0. The van der Waals surface area contributed by atoms with Gasteiger partial charge in [-0.15, -0.1) is 0 Å². The number of rotatable bonds is 11. The lowest BCUT2D eigenvalue weighted by Gasteiger charge is -2.11. The largest absolute Gasteiger partial charge is 0.494 e. The molecule has 0 radical (unpaired) electrons. The molecule has 0 aliphatic heterocycles. The van der Waals surface area contributed by atoms with Gasteiger partial charge in [0, 0.05) is 6.42 Å². The molecule has 172 valence electrons. The summed E-state index contributed by atoms with van der Waals surface area (Å²) in [4.78, 5) is 12.0. The third kappa shape index (κ3) is 8.09. The predicted octanol–water partition coefficient (Wildman–Crippen LogP) is 4.94. The van der Waals surface area contributed by atoms with E-state index in [1.807, 2.05) is 43.3 Å². The van der Waals surface area contributed by atoms with E-state index in [2.05, 4.69) is 41.7 Å². The number of aliphatic hydroxyl groups is 1. The first-order valence-electron chi connectivity index (χ1n) is 11.0. The summed E-state index contributed by atoms with van der Waals surface area (Å²) in [6.45, 7) is 5.07. The van der Waals surface area contributed by atoms with Crippen molar-refractivity contribution in [1.29, 1.82) is 0 Å². The zero-order valence-electron chi connectivity index (χ0n) is 19.0. The van der Waals surface area contributed by atoms with Crippen molar-refractivity contribution >= 4 is 12.1 Å². The van der Waals surface area contributed by atoms with Crippen LogP contribution in [0.2, 0.25) is 0 Å². The van der Waals surface area contributed by atoms with Gasteiger partial charge in [0.1, 0.15) is 18.1 Å². The number of amides is 1. The van der Waals surface area contributed by atoms with Gasteiger partial charge in [-0.3, -0.25) is 4.79 Å². The lowest BCUT2D eigenvalue weighted by Crippen LogP contribution is -2.18.